The fraction of sp³-hybridized carbons (Fsp3) is 0.545. The van der Waals surface area contributed by atoms with Crippen LogP contribution in [0.2, 0.25) is 0 Å². The third-order valence-corrected chi connectivity index (χ3v) is 4.97. The van der Waals surface area contributed by atoms with Crippen LogP contribution in [0.3, 0.4) is 0 Å². The molecule has 0 radical (unpaired) electrons. The Morgan fingerprint density at radius 1 is 1.15 bits per heavy atom. The summed E-state index contributed by atoms with van der Waals surface area (Å²) in [5.41, 5.74) is 3.04. The van der Waals surface area contributed by atoms with E-state index in [4.69, 9.17) is 0 Å². The molecule has 1 aliphatic carbocycles. The summed E-state index contributed by atoms with van der Waals surface area (Å²) in [6, 6.07) is 8.93. The molecule has 0 bridgehead atoms. The summed E-state index contributed by atoms with van der Waals surface area (Å²) in [5, 5.41) is 3.55. The lowest BCUT2D eigenvalue weighted by Crippen LogP contribution is -2.33. The number of nitrogens with zero attached hydrogens (tertiary/aromatic N) is 2. The summed E-state index contributed by atoms with van der Waals surface area (Å²) >= 11 is 0. The lowest BCUT2D eigenvalue weighted by atomic mass is 10.1. The third kappa shape index (κ3) is 6.01. The van der Waals surface area contributed by atoms with Crippen LogP contribution in [0.4, 0.5) is 5.69 Å². The summed E-state index contributed by atoms with van der Waals surface area (Å²) in [7, 11) is 0. The number of benzene rings is 1. The van der Waals surface area contributed by atoms with Crippen LogP contribution in [0.15, 0.2) is 34.8 Å². The number of rotatable bonds is 9. The van der Waals surface area contributed by atoms with Crippen molar-refractivity contribution in [1.29, 1.82) is 0 Å². The van der Waals surface area contributed by atoms with Crippen molar-refractivity contribution in [2.75, 3.05) is 24.5 Å². The predicted octanol–water partition coefficient (Wildman–Crippen LogP) is 4.46. The minimum absolute atomic E-state index is 0.515. The first-order valence-corrected chi connectivity index (χ1v) is 10.0. The van der Waals surface area contributed by atoms with Crippen LogP contribution in [0.25, 0.3) is 6.08 Å². The van der Waals surface area contributed by atoms with Crippen molar-refractivity contribution < 1.29 is 4.79 Å². The Kier molecular flexibility index (Phi) is 8.39. The van der Waals surface area contributed by atoms with Crippen LogP contribution in [0.1, 0.15) is 58.4 Å². The maximum atomic E-state index is 11.6. The largest absolute Gasteiger partial charge is 0.372 e. The molecule has 1 aromatic carbocycles. The highest BCUT2D eigenvalue weighted by atomic mass is 16.1. The second-order valence-corrected chi connectivity index (χ2v) is 6.82. The van der Waals surface area contributed by atoms with Gasteiger partial charge in [0.2, 0.25) is 0 Å². The molecule has 2 rings (SSSR count). The highest BCUT2D eigenvalue weighted by molar-refractivity contribution is 5.94. The second-order valence-electron chi connectivity index (χ2n) is 6.82. The van der Waals surface area contributed by atoms with E-state index in [0.717, 1.165) is 42.9 Å². The number of carbonyl (C=O) groups excluding carboxylic acids is 1. The van der Waals surface area contributed by atoms with E-state index in [9.17, 15) is 4.79 Å². The van der Waals surface area contributed by atoms with Crippen molar-refractivity contribution in [3.8, 4) is 0 Å². The molecule has 0 atom stereocenters. The molecular formula is C22H33N3O. The fourth-order valence-electron chi connectivity index (χ4n) is 3.55. The molecule has 1 N–H and O–H groups in total. The number of hydrogen-bond donors (Lipinski definition) is 1. The van der Waals surface area contributed by atoms with E-state index in [1.165, 1.54) is 31.4 Å². The molecule has 1 fully saturated rings. The summed E-state index contributed by atoms with van der Waals surface area (Å²) in [6.45, 7) is 9.08. The molecule has 4 heteroatoms. The van der Waals surface area contributed by atoms with Gasteiger partial charge in [-0.2, -0.15) is 0 Å². The molecule has 0 saturated heterocycles. The minimum Gasteiger partial charge on any atom is -0.372 e. The molecule has 0 aromatic heterocycles. The number of amidine groups is 1. The van der Waals surface area contributed by atoms with Gasteiger partial charge in [0.05, 0.1) is 0 Å². The Balaban J connectivity index is 2.07. The van der Waals surface area contributed by atoms with Crippen LogP contribution in [-0.2, 0) is 4.79 Å². The van der Waals surface area contributed by atoms with Gasteiger partial charge in [0.15, 0.2) is 0 Å². The Hall–Kier alpha value is -2.10. The van der Waals surface area contributed by atoms with Crippen LogP contribution < -0.4 is 10.2 Å². The van der Waals surface area contributed by atoms with Gasteiger partial charge in [0, 0.05) is 37.8 Å². The summed E-state index contributed by atoms with van der Waals surface area (Å²) in [6.07, 6.45) is 8.48. The normalized spacial score (nSPS) is 16.0. The molecular weight excluding hydrogens is 322 g/mol. The van der Waals surface area contributed by atoms with Gasteiger partial charge < -0.3 is 10.2 Å². The Morgan fingerprint density at radius 3 is 2.35 bits per heavy atom. The smallest absolute Gasteiger partial charge is 0.146 e. The topological polar surface area (TPSA) is 44.7 Å². The van der Waals surface area contributed by atoms with E-state index < -0.39 is 0 Å². The first-order chi connectivity index (χ1) is 12.7. The van der Waals surface area contributed by atoms with Gasteiger partial charge in [-0.15, -0.1) is 0 Å². The SMILES string of the molecule is CCN=C(C/C(C=O)=C/c1ccc(N(CC)CC)cc1)NC1CCCC1. The zero-order valence-electron chi connectivity index (χ0n) is 16.5. The van der Waals surface area contributed by atoms with Crippen molar-refractivity contribution in [3.63, 3.8) is 0 Å². The first kappa shape index (κ1) is 20.2. The average Bonchev–Trinajstić information content (AvgIpc) is 3.16. The van der Waals surface area contributed by atoms with E-state index in [-0.39, 0.29) is 0 Å². The standard InChI is InChI=1S/C22H33N3O/c1-4-23-22(24-20-9-7-8-10-20)16-19(17-26)15-18-11-13-21(14-12-18)25(5-2)6-3/h11-15,17,20H,4-10,16H2,1-3H3,(H,23,24)/b19-15-. The van der Waals surface area contributed by atoms with Crippen molar-refractivity contribution in [1.82, 2.24) is 5.32 Å². The molecule has 26 heavy (non-hydrogen) atoms. The first-order valence-electron chi connectivity index (χ1n) is 10.0. The van der Waals surface area contributed by atoms with Gasteiger partial charge in [-0.1, -0.05) is 25.0 Å². The number of carbonyl (C=O) groups is 1. The molecule has 1 saturated carbocycles. The number of anilines is 1. The molecule has 0 unspecified atom stereocenters. The zero-order valence-corrected chi connectivity index (χ0v) is 16.5. The molecule has 1 aromatic rings. The molecule has 0 heterocycles. The van der Waals surface area contributed by atoms with Crippen LogP contribution >= 0.6 is 0 Å². The lowest BCUT2D eigenvalue weighted by Gasteiger charge is -2.21. The number of hydrogen-bond acceptors (Lipinski definition) is 3. The van der Waals surface area contributed by atoms with E-state index in [0.29, 0.717) is 12.5 Å². The van der Waals surface area contributed by atoms with Crippen LogP contribution in [-0.4, -0.2) is 37.8 Å². The quantitative estimate of drug-likeness (QED) is 0.308. The van der Waals surface area contributed by atoms with E-state index in [1.807, 2.05) is 13.0 Å². The Labute approximate surface area is 158 Å². The molecule has 4 nitrogen and oxygen atoms in total. The maximum absolute atomic E-state index is 11.6. The average molecular weight is 356 g/mol. The molecule has 0 aliphatic heterocycles. The molecule has 0 spiro atoms. The predicted molar refractivity (Wildman–Crippen MR) is 112 cm³/mol. The van der Waals surface area contributed by atoms with Gasteiger partial charge in [-0.3, -0.25) is 9.79 Å². The van der Waals surface area contributed by atoms with Gasteiger partial charge >= 0.3 is 0 Å². The Bertz CT molecular complexity index is 609. The highest BCUT2D eigenvalue weighted by Crippen LogP contribution is 2.19. The molecule has 142 valence electrons. The summed E-state index contributed by atoms with van der Waals surface area (Å²) in [4.78, 5) is 18.5. The van der Waals surface area contributed by atoms with Crippen LogP contribution in [0, 0.1) is 0 Å². The lowest BCUT2D eigenvalue weighted by molar-refractivity contribution is -0.104. The van der Waals surface area contributed by atoms with Gasteiger partial charge in [0.1, 0.15) is 12.1 Å². The van der Waals surface area contributed by atoms with E-state index in [1.54, 1.807) is 0 Å². The molecule has 1 aliphatic rings. The van der Waals surface area contributed by atoms with E-state index >= 15 is 0 Å². The minimum atomic E-state index is 0.515. The summed E-state index contributed by atoms with van der Waals surface area (Å²) < 4.78 is 0. The second kappa shape index (κ2) is 10.8. The summed E-state index contributed by atoms with van der Waals surface area (Å²) in [5.74, 6) is 0.942. The Morgan fingerprint density at radius 2 is 1.81 bits per heavy atom. The molecule has 0 amide bonds. The fourth-order valence-corrected chi connectivity index (χ4v) is 3.55. The maximum Gasteiger partial charge on any atom is 0.146 e. The monoisotopic (exact) mass is 355 g/mol. The van der Waals surface area contributed by atoms with Crippen LogP contribution in [0.5, 0.6) is 0 Å². The van der Waals surface area contributed by atoms with Gasteiger partial charge in [0.25, 0.3) is 0 Å². The van der Waals surface area contributed by atoms with Crippen molar-refractivity contribution in [2.24, 2.45) is 4.99 Å². The van der Waals surface area contributed by atoms with Crippen molar-refractivity contribution >= 4 is 23.9 Å². The van der Waals surface area contributed by atoms with E-state index in [2.05, 4.69) is 53.3 Å². The number of nitrogens with one attached hydrogen (secondary N) is 1. The number of aliphatic imine (C=N–C) groups is 1. The zero-order chi connectivity index (χ0) is 18.8. The highest BCUT2D eigenvalue weighted by Gasteiger charge is 2.16. The van der Waals surface area contributed by atoms with Gasteiger partial charge in [-0.25, -0.2) is 0 Å². The third-order valence-electron chi connectivity index (χ3n) is 4.97. The van der Waals surface area contributed by atoms with Crippen molar-refractivity contribution in [2.45, 2.75) is 58.9 Å². The van der Waals surface area contributed by atoms with Crippen molar-refractivity contribution in [3.05, 3.63) is 35.4 Å². The van der Waals surface area contributed by atoms with Gasteiger partial charge in [-0.05, 0) is 63.0 Å². The number of aldehydes is 1.